The molecule has 2 aromatic rings. The van der Waals surface area contributed by atoms with Crippen molar-refractivity contribution in [2.75, 3.05) is 0 Å². The first-order valence-corrected chi connectivity index (χ1v) is 20.6. The van der Waals surface area contributed by atoms with E-state index < -0.39 is 34.0 Å². The van der Waals surface area contributed by atoms with Crippen molar-refractivity contribution in [3.63, 3.8) is 0 Å². The minimum Gasteiger partial charge on any atom is -0.321 e. The first-order valence-electron chi connectivity index (χ1n) is 19.7. The summed E-state index contributed by atoms with van der Waals surface area (Å²) in [5.74, 6) is -5.04. The van der Waals surface area contributed by atoms with E-state index in [9.17, 15) is 0 Å². The quantitative estimate of drug-likeness (QED) is 0.0511. The van der Waals surface area contributed by atoms with Crippen molar-refractivity contribution in [3.8, 4) is 0 Å². The van der Waals surface area contributed by atoms with Crippen molar-refractivity contribution in [2.45, 2.75) is 179 Å². The lowest BCUT2D eigenvalue weighted by Crippen LogP contribution is -2.53. The van der Waals surface area contributed by atoms with Crippen LogP contribution in [-0.2, 0) is 5.92 Å². The molecule has 0 radical (unpaired) electrons. The smallest absolute Gasteiger partial charge is 0.278 e. The number of likely N-dealkylation sites (tertiary alicyclic amines) is 1. The average Bonchev–Trinajstić information content (AvgIpc) is 3.08. The Balaban J connectivity index is 0.00000460. The molecule has 1 aromatic heterocycles. The fraction of sp³-hybridized carbons (Fsp3) is 0.636. The minimum atomic E-state index is -3.29. The third kappa shape index (κ3) is 11.5. The number of benzene rings is 1. The molecular weight excluding hydrogens is 674 g/mol. The highest BCUT2D eigenvalue weighted by molar-refractivity contribution is 7.99. The summed E-state index contributed by atoms with van der Waals surface area (Å²) in [6.07, 6.45) is 14.9. The number of hydrogen-bond donors (Lipinski definition) is 1. The molecule has 1 aliphatic heterocycles. The topological polar surface area (TPSA) is 55.0 Å². The van der Waals surface area contributed by atoms with Crippen LogP contribution in [0.2, 0.25) is 0 Å². The maximum Gasteiger partial charge on any atom is 0.278 e. The number of halogens is 3. The van der Waals surface area contributed by atoms with E-state index in [4.69, 9.17) is 5.73 Å². The van der Waals surface area contributed by atoms with Crippen molar-refractivity contribution >= 4 is 17.8 Å². The highest BCUT2D eigenvalue weighted by Crippen LogP contribution is 2.48. The second-order valence-electron chi connectivity index (χ2n) is 15.1. The van der Waals surface area contributed by atoms with Gasteiger partial charge in [-0.05, 0) is 85.3 Å². The molecule has 3 rings (SSSR count). The first-order chi connectivity index (χ1) is 24.6. The van der Waals surface area contributed by atoms with E-state index in [2.05, 4.69) is 76.1 Å². The van der Waals surface area contributed by atoms with Gasteiger partial charge in [-0.25, -0.2) is 23.1 Å². The highest BCUT2D eigenvalue weighted by atomic mass is 32.2. The lowest BCUT2D eigenvalue weighted by molar-refractivity contribution is -0.112. The summed E-state index contributed by atoms with van der Waals surface area (Å²) < 4.78 is 49.2. The van der Waals surface area contributed by atoms with Crippen LogP contribution in [0.5, 0.6) is 0 Å². The summed E-state index contributed by atoms with van der Waals surface area (Å²) in [6, 6.07) is 4.81. The van der Waals surface area contributed by atoms with Crippen molar-refractivity contribution in [2.24, 2.45) is 11.7 Å². The zero-order valence-electron chi connectivity index (χ0n) is 33.8. The zero-order valence-corrected chi connectivity index (χ0v) is 34.7. The number of thioether (sulfide) groups is 1. The molecule has 4 nitrogen and oxygen atoms in total. The van der Waals surface area contributed by atoms with Gasteiger partial charge in [0.2, 0.25) is 0 Å². The maximum absolute atomic E-state index is 16.4. The van der Waals surface area contributed by atoms with Crippen molar-refractivity contribution in [1.29, 1.82) is 0 Å². The Labute approximate surface area is 319 Å². The molecule has 8 heteroatoms. The Morgan fingerprint density at radius 2 is 1.60 bits per heavy atom. The highest BCUT2D eigenvalue weighted by Gasteiger charge is 2.48. The standard InChI is InChI=1S/C42H65F3N4S.C2H4/c1-11-14-15-16-17-19-29(6)49-30(7)24-34(25-31(49)8)42(44,45)37-21-18-20-35(39(37)43)33(10)50-40-36(32(9)47-27-48-40)26-38(28(4)5)41(46,22-12-2)23-13-3;1-2/h18,20-21,26-27,29-31,33-34H,4,11-17,19,22-25,46H2,1-3,5-10H3;1-2H2/b38-26+;/t29?,30?,31?,33-,34?;/m1./s1. The van der Waals surface area contributed by atoms with Crippen LogP contribution < -0.4 is 5.73 Å². The molecule has 3 unspecified atom stereocenters. The van der Waals surface area contributed by atoms with Crippen molar-refractivity contribution in [3.05, 3.63) is 83.6 Å². The predicted molar refractivity (Wildman–Crippen MR) is 218 cm³/mol. The molecule has 1 aliphatic rings. The third-order valence-electron chi connectivity index (χ3n) is 10.9. The Kier molecular flexibility index (Phi) is 18.9. The van der Waals surface area contributed by atoms with Gasteiger partial charge in [0.1, 0.15) is 17.2 Å². The number of aromatic nitrogens is 2. The summed E-state index contributed by atoms with van der Waals surface area (Å²) >= 11 is 1.35. The number of piperidine rings is 1. The van der Waals surface area contributed by atoms with Crippen molar-refractivity contribution < 1.29 is 13.2 Å². The van der Waals surface area contributed by atoms with Gasteiger partial charge in [-0.2, -0.15) is 0 Å². The van der Waals surface area contributed by atoms with E-state index in [1.165, 1.54) is 49.8 Å². The number of unbranched alkanes of at least 4 members (excludes halogenated alkanes) is 4. The van der Waals surface area contributed by atoms with E-state index in [0.717, 1.165) is 60.9 Å². The first kappa shape index (κ1) is 45.7. The summed E-state index contributed by atoms with van der Waals surface area (Å²) in [5, 5.41) is 0.178. The number of nitrogens with two attached hydrogens (primary N) is 1. The Bertz CT molecular complexity index is 1420. The normalized spacial score (nSPS) is 19.9. The number of alkyl halides is 2. The number of hydrogen-bond acceptors (Lipinski definition) is 5. The largest absolute Gasteiger partial charge is 0.321 e. The molecule has 0 bridgehead atoms. The second kappa shape index (κ2) is 21.5. The summed E-state index contributed by atoms with van der Waals surface area (Å²) in [6.45, 7) is 28.8. The molecule has 0 aliphatic carbocycles. The molecule has 1 fully saturated rings. The fourth-order valence-electron chi connectivity index (χ4n) is 8.37. The molecule has 2 heterocycles. The van der Waals surface area contributed by atoms with Crippen LogP contribution in [0.15, 0.2) is 60.4 Å². The van der Waals surface area contributed by atoms with Gasteiger partial charge in [0.25, 0.3) is 5.92 Å². The van der Waals surface area contributed by atoms with Gasteiger partial charge in [-0.3, -0.25) is 4.90 Å². The molecule has 4 atom stereocenters. The molecule has 0 saturated carbocycles. The van der Waals surface area contributed by atoms with E-state index in [0.29, 0.717) is 23.9 Å². The minimum absolute atomic E-state index is 0.000488. The molecule has 1 saturated heterocycles. The molecule has 0 amide bonds. The zero-order chi connectivity index (χ0) is 39.2. The van der Waals surface area contributed by atoms with Gasteiger partial charge in [-0.1, -0.05) is 108 Å². The van der Waals surface area contributed by atoms with E-state index in [1.54, 1.807) is 12.1 Å². The molecule has 292 valence electrons. The number of rotatable bonds is 19. The van der Waals surface area contributed by atoms with E-state index in [1.807, 2.05) is 26.8 Å². The summed E-state index contributed by atoms with van der Waals surface area (Å²) in [4.78, 5) is 11.5. The van der Waals surface area contributed by atoms with Gasteiger partial charge < -0.3 is 5.73 Å². The van der Waals surface area contributed by atoms with Crippen LogP contribution in [0.4, 0.5) is 13.2 Å². The Morgan fingerprint density at radius 1 is 1.00 bits per heavy atom. The van der Waals surface area contributed by atoms with Gasteiger partial charge in [0.05, 0.1) is 5.56 Å². The fourth-order valence-corrected chi connectivity index (χ4v) is 9.46. The molecule has 52 heavy (non-hydrogen) atoms. The predicted octanol–water partition coefficient (Wildman–Crippen LogP) is 13.2. The lowest BCUT2D eigenvalue weighted by atomic mass is 9.78. The van der Waals surface area contributed by atoms with Crippen LogP contribution >= 0.6 is 11.8 Å². The van der Waals surface area contributed by atoms with Crippen LogP contribution in [0.1, 0.15) is 160 Å². The van der Waals surface area contributed by atoms with Crippen LogP contribution in [0.3, 0.4) is 0 Å². The monoisotopic (exact) mass is 743 g/mol. The Morgan fingerprint density at radius 3 is 2.15 bits per heavy atom. The molecule has 0 spiro atoms. The molecule has 1 aromatic carbocycles. The van der Waals surface area contributed by atoms with Gasteiger partial charge >= 0.3 is 0 Å². The SMILES string of the molecule is C=C.C=C(C)/C(=C\c1c(C)ncnc1S[C@H](C)c1cccc(C(F)(F)C2CC(C)N(C(C)CCCCCCC)C(C)C2)c1F)C(N)(CCC)CCC. The lowest BCUT2D eigenvalue weighted by Gasteiger charge is -2.47. The van der Waals surface area contributed by atoms with E-state index in [-0.39, 0.29) is 17.6 Å². The third-order valence-corrected chi connectivity index (χ3v) is 12.0. The molecule has 2 N–H and O–H groups in total. The number of nitrogens with zero attached hydrogens (tertiary/aromatic N) is 3. The van der Waals surface area contributed by atoms with Crippen molar-refractivity contribution in [1.82, 2.24) is 14.9 Å². The maximum atomic E-state index is 16.4. The van der Waals surface area contributed by atoms with Crippen LogP contribution in [-0.4, -0.2) is 38.5 Å². The van der Waals surface area contributed by atoms with Crippen LogP contribution in [0.25, 0.3) is 6.08 Å². The summed E-state index contributed by atoms with van der Waals surface area (Å²) in [7, 11) is 0. The van der Waals surface area contributed by atoms with Gasteiger partial charge in [0.15, 0.2) is 0 Å². The molecular formula is C44H69F3N4S. The second-order valence-corrected chi connectivity index (χ2v) is 16.5. The van der Waals surface area contributed by atoms with Gasteiger partial charge in [-0.15, -0.1) is 13.2 Å². The number of aryl methyl sites for hydroxylation is 1. The van der Waals surface area contributed by atoms with E-state index >= 15 is 13.2 Å². The Hall–Kier alpha value is -2.42. The summed E-state index contributed by atoms with van der Waals surface area (Å²) in [5.41, 5.74) is 9.63. The van der Waals surface area contributed by atoms with Crippen LogP contribution in [0, 0.1) is 18.7 Å². The van der Waals surface area contributed by atoms with Gasteiger partial charge in [0, 0.05) is 51.7 Å². The average molecular weight is 743 g/mol.